The molecule has 0 spiro atoms. The Morgan fingerprint density at radius 1 is 1.30 bits per heavy atom. The molecule has 0 radical (unpaired) electrons. The highest BCUT2D eigenvalue weighted by atomic mass is 32.1. The van der Waals surface area contributed by atoms with Gasteiger partial charge in [-0.05, 0) is 49.0 Å². The molecule has 2 amide bonds. The van der Waals surface area contributed by atoms with Gasteiger partial charge in [0.05, 0.1) is 26.3 Å². The van der Waals surface area contributed by atoms with Gasteiger partial charge in [0.15, 0.2) is 0 Å². The number of hydrogen-bond acceptors (Lipinski definition) is 6. The Labute approximate surface area is 162 Å². The Bertz CT molecular complexity index is 836. The number of likely N-dealkylation sites (tertiary alicyclic amines) is 1. The van der Waals surface area contributed by atoms with Crippen LogP contribution in [0.2, 0.25) is 0 Å². The minimum absolute atomic E-state index is 0.0692. The molecule has 1 saturated heterocycles. The number of hydrogen-bond donors (Lipinski definition) is 2. The van der Waals surface area contributed by atoms with E-state index in [1.54, 1.807) is 25.7 Å². The molecule has 2 aromatic rings. The molecule has 1 unspecified atom stereocenters. The van der Waals surface area contributed by atoms with Crippen LogP contribution >= 0.6 is 11.3 Å². The number of amides is 2. The van der Waals surface area contributed by atoms with E-state index < -0.39 is 5.91 Å². The zero-order valence-electron chi connectivity index (χ0n) is 15.4. The van der Waals surface area contributed by atoms with Crippen LogP contribution < -0.4 is 20.5 Å². The number of carbonyl (C=O) groups is 2. The van der Waals surface area contributed by atoms with Crippen LogP contribution in [0.15, 0.2) is 29.6 Å². The van der Waals surface area contributed by atoms with Crippen LogP contribution in [0.25, 0.3) is 0 Å². The number of nitrogens with two attached hydrogens (primary N) is 1. The van der Waals surface area contributed by atoms with E-state index in [-0.39, 0.29) is 18.5 Å². The maximum atomic E-state index is 12.5. The van der Waals surface area contributed by atoms with Crippen molar-refractivity contribution in [2.45, 2.75) is 18.9 Å². The van der Waals surface area contributed by atoms with Crippen LogP contribution in [0, 0.1) is 0 Å². The van der Waals surface area contributed by atoms with Gasteiger partial charge < -0.3 is 20.5 Å². The van der Waals surface area contributed by atoms with E-state index >= 15 is 0 Å². The summed E-state index contributed by atoms with van der Waals surface area (Å²) in [7, 11) is 3.27. The van der Waals surface area contributed by atoms with E-state index in [0.717, 1.165) is 36.4 Å². The topological polar surface area (TPSA) is 93.9 Å². The van der Waals surface area contributed by atoms with E-state index in [4.69, 9.17) is 15.2 Å². The van der Waals surface area contributed by atoms with Crippen molar-refractivity contribution in [3.63, 3.8) is 0 Å². The fourth-order valence-corrected chi connectivity index (χ4v) is 4.23. The van der Waals surface area contributed by atoms with Crippen molar-refractivity contribution in [3.05, 3.63) is 40.8 Å². The normalized spacial score (nSPS) is 16.9. The number of rotatable bonds is 7. The third-order valence-electron chi connectivity index (χ3n) is 4.69. The van der Waals surface area contributed by atoms with Crippen LogP contribution in [0.4, 0.5) is 5.00 Å². The van der Waals surface area contributed by atoms with E-state index in [1.807, 2.05) is 18.2 Å². The molecule has 8 heteroatoms. The molecule has 1 aromatic carbocycles. The Kier molecular flexibility index (Phi) is 5.98. The molecule has 7 nitrogen and oxygen atoms in total. The van der Waals surface area contributed by atoms with Gasteiger partial charge in [-0.15, -0.1) is 11.3 Å². The van der Waals surface area contributed by atoms with Gasteiger partial charge in [-0.3, -0.25) is 14.5 Å². The molecular weight excluding hydrogens is 366 g/mol. The largest absolute Gasteiger partial charge is 0.497 e. The molecule has 0 aliphatic carbocycles. The summed E-state index contributed by atoms with van der Waals surface area (Å²) in [5.74, 6) is 0.814. The first-order chi connectivity index (χ1) is 13.0. The van der Waals surface area contributed by atoms with Gasteiger partial charge in [0.1, 0.15) is 16.5 Å². The Hall–Kier alpha value is -2.58. The van der Waals surface area contributed by atoms with Crippen molar-refractivity contribution < 1.29 is 19.1 Å². The average Bonchev–Trinajstić information content (AvgIpc) is 3.30. The number of methoxy groups -OCH3 is 2. The first-order valence-electron chi connectivity index (χ1n) is 8.66. The second-order valence-electron chi connectivity index (χ2n) is 6.31. The first kappa shape index (κ1) is 19.2. The summed E-state index contributed by atoms with van der Waals surface area (Å²) in [6.07, 6.45) is 1.92. The minimum atomic E-state index is -0.549. The van der Waals surface area contributed by atoms with Crippen molar-refractivity contribution in [1.29, 1.82) is 0 Å². The molecule has 1 aliphatic heterocycles. The van der Waals surface area contributed by atoms with Crippen LogP contribution in [0.5, 0.6) is 11.5 Å². The molecule has 1 atom stereocenters. The van der Waals surface area contributed by atoms with Crippen molar-refractivity contribution >= 4 is 28.2 Å². The second-order valence-corrected chi connectivity index (χ2v) is 7.23. The van der Waals surface area contributed by atoms with Gasteiger partial charge in [-0.25, -0.2) is 0 Å². The number of benzene rings is 1. The molecule has 1 aromatic heterocycles. The van der Waals surface area contributed by atoms with Crippen molar-refractivity contribution in [3.8, 4) is 11.5 Å². The lowest BCUT2D eigenvalue weighted by atomic mass is 10.0. The van der Waals surface area contributed by atoms with Gasteiger partial charge in [-0.1, -0.05) is 0 Å². The minimum Gasteiger partial charge on any atom is -0.497 e. The third kappa shape index (κ3) is 4.23. The van der Waals surface area contributed by atoms with Gasteiger partial charge in [0.2, 0.25) is 5.91 Å². The Morgan fingerprint density at radius 2 is 2.11 bits per heavy atom. The first-order valence-corrected chi connectivity index (χ1v) is 9.54. The summed E-state index contributed by atoms with van der Waals surface area (Å²) >= 11 is 1.28. The fraction of sp³-hybridized carbons (Fsp3) is 0.368. The Morgan fingerprint density at radius 3 is 2.81 bits per heavy atom. The number of nitrogens with one attached hydrogen (secondary N) is 1. The quantitative estimate of drug-likeness (QED) is 0.759. The van der Waals surface area contributed by atoms with E-state index in [2.05, 4.69) is 10.2 Å². The van der Waals surface area contributed by atoms with E-state index in [1.165, 1.54) is 11.3 Å². The summed E-state index contributed by atoms with van der Waals surface area (Å²) in [4.78, 5) is 26.1. The van der Waals surface area contributed by atoms with Crippen LogP contribution in [0.1, 0.15) is 34.8 Å². The second kappa shape index (κ2) is 8.41. The lowest BCUT2D eigenvalue weighted by Crippen LogP contribution is -2.33. The summed E-state index contributed by atoms with van der Waals surface area (Å²) in [5, 5.41) is 5.02. The van der Waals surface area contributed by atoms with Gasteiger partial charge in [-0.2, -0.15) is 0 Å². The zero-order chi connectivity index (χ0) is 19.4. The van der Waals surface area contributed by atoms with Crippen LogP contribution in [0.3, 0.4) is 0 Å². The number of ether oxygens (including phenoxy) is 2. The summed E-state index contributed by atoms with van der Waals surface area (Å²) in [6, 6.07) is 7.39. The smallest absolute Gasteiger partial charge is 0.251 e. The summed E-state index contributed by atoms with van der Waals surface area (Å²) in [5.41, 5.74) is 6.68. The average molecular weight is 389 g/mol. The zero-order valence-corrected chi connectivity index (χ0v) is 16.2. The van der Waals surface area contributed by atoms with Crippen molar-refractivity contribution in [2.24, 2.45) is 5.73 Å². The molecule has 3 rings (SSSR count). The monoisotopic (exact) mass is 389 g/mol. The summed E-state index contributed by atoms with van der Waals surface area (Å²) < 4.78 is 10.8. The van der Waals surface area contributed by atoms with Crippen LogP contribution in [-0.2, 0) is 4.79 Å². The molecule has 2 heterocycles. The molecule has 1 fully saturated rings. The van der Waals surface area contributed by atoms with Crippen LogP contribution in [-0.4, -0.2) is 44.0 Å². The molecule has 144 valence electrons. The number of carbonyl (C=O) groups excluding carboxylic acids is 2. The molecule has 27 heavy (non-hydrogen) atoms. The fourth-order valence-electron chi connectivity index (χ4n) is 3.42. The highest BCUT2D eigenvalue weighted by molar-refractivity contribution is 7.14. The summed E-state index contributed by atoms with van der Waals surface area (Å²) in [6.45, 7) is 1.03. The van der Waals surface area contributed by atoms with E-state index in [9.17, 15) is 9.59 Å². The number of primary amides is 1. The molecule has 1 aliphatic rings. The van der Waals surface area contributed by atoms with E-state index in [0.29, 0.717) is 10.6 Å². The molecular formula is C19H23N3O4S. The standard InChI is InChI=1S/C19H23N3O4S/c1-25-12-5-6-16(26-2)14(10-12)15-4-3-8-22(15)11-17(23)21-19-13(18(20)24)7-9-27-19/h5-7,9-10,15H,3-4,8,11H2,1-2H3,(H2,20,24)(H,21,23). The van der Waals surface area contributed by atoms with Crippen molar-refractivity contribution in [1.82, 2.24) is 4.90 Å². The lowest BCUT2D eigenvalue weighted by molar-refractivity contribution is -0.117. The highest BCUT2D eigenvalue weighted by Gasteiger charge is 2.30. The Balaban J connectivity index is 1.74. The lowest BCUT2D eigenvalue weighted by Gasteiger charge is -2.26. The molecule has 0 bridgehead atoms. The maximum absolute atomic E-state index is 12.5. The van der Waals surface area contributed by atoms with Gasteiger partial charge in [0.25, 0.3) is 5.91 Å². The maximum Gasteiger partial charge on any atom is 0.251 e. The number of anilines is 1. The predicted octanol–water partition coefficient (Wildman–Crippen LogP) is 2.64. The molecule has 0 saturated carbocycles. The number of thiophene rings is 1. The highest BCUT2D eigenvalue weighted by Crippen LogP contribution is 2.38. The van der Waals surface area contributed by atoms with Gasteiger partial charge in [0, 0.05) is 11.6 Å². The van der Waals surface area contributed by atoms with Gasteiger partial charge >= 0.3 is 0 Å². The van der Waals surface area contributed by atoms with Crippen molar-refractivity contribution in [2.75, 3.05) is 32.6 Å². The number of nitrogens with zero attached hydrogens (tertiary/aromatic N) is 1. The third-order valence-corrected chi connectivity index (χ3v) is 5.52. The SMILES string of the molecule is COc1ccc(OC)c(C2CCCN2CC(=O)Nc2sccc2C(N)=O)c1. The predicted molar refractivity (Wildman–Crippen MR) is 105 cm³/mol. The molecule has 3 N–H and O–H groups in total.